The number of aromatic nitrogens is 4. The Morgan fingerprint density at radius 3 is 1.84 bits per heavy atom. The average Bonchev–Trinajstić information content (AvgIpc) is 3.15. The van der Waals surface area contributed by atoms with Gasteiger partial charge in [-0.1, -0.05) is 18.2 Å². The first-order chi connectivity index (χ1) is 18.3. The number of nitrogens with zero attached hydrogens (tertiary/aromatic N) is 5. The van der Waals surface area contributed by atoms with Gasteiger partial charge in [0.1, 0.15) is 16.5 Å². The zero-order valence-electron chi connectivity index (χ0n) is 21.9. The monoisotopic (exact) mass is 551 g/mol. The first-order valence-electron chi connectivity index (χ1n) is 13.2. The molecule has 9 nitrogen and oxygen atoms in total. The molecule has 3 aromatic rings. The minimum atomic E-state index is -1.68. The van der Waals surface area contributed by atoms with Crippen LogP contribution in [0.4, 0.5) is 5.69 Å². The molecule has 11 heteroatoms. The Kier molecular flexibility index (Phi) is 5.66. The van der Waals surface area contributed by atoms with Crippen LogP contribution in [0.3, 0.4) is 0 Å². The number of benzene rings is 1. The summed E-state index contributed by atoms with van der Waals surface area (Å²) in [5.74, 6) is 0.107. The summed E-state index contributed by atoms with van der Waals surface area (Å²) < 4.78 is 13.6. The van der Waals surface area contributed by atoms with Gasteiger partial charge in [0.15, 0.2) is 9.54 Å². The van der Waals surface area contributed by atoms with Gasteiger partial charge in [-0.3, -0.25) is 32.7 Å². The third-order valence-electron chi connectivity index (χ3n) is 8.16. The van der Waals surface area contributed by atoms with Crippen LogP contribution >= 0.6 is 24.4 Å². The summed E-state index contributed by atoms with van der Waals surface area (Å²) in [6.45, 7) is 9.49. The van der Waals surface area contributed by atoms with Gasteiger partial charge in [0, 0.05) is 38.3 Å². The fourth-order valence-corrected chi connectivity index (χ4v) is 7.35. The number of carbonyl (C=O) groups excluding carboxylic acids is 1. The largest absolute Gasteiger partial charge is 0.423 e. The standard InChI is InChI=1S/C27H29N5O4S2/c1-5-28-20(33)17-22(30(7-3)25(28)37)36-23-18(21(34)29(6-2)26(38)31(23)8-4)27(17)16-13-9-11-15-12-10-14-32(19(15)16)24(27)35/h9,11,13H,5-8,10,12,14H2,1-4H3. The Bertz CT molecular complexity index is 1710. The van der Waals surface area contributed by atoms with E-state index in [1.165, 1.54) is 9.13 Å². The molecule has 1 aromatic carbocycles. The molecule has 5 heterocycles. The summed E-state index contributed by atoms with van der Waals surface area (Å²) in [5.41, 5.74) is 0.257. The average molecular weight is 552 g/mol. The normalized spacial score (nSPS) is 16.3. The van der Waals surface area contributed by atoms with Crippen molar-refractivity contribution in [3.05, 3.63) is 70.7 Å². The van der Waals surface area contributed by atoms with Gasteiger partial charge in [-0.2, -0.15) is 0 Å². The molecule has 0 aliphatic carbocycles. The Morgan fingerprint density at radius 2 is 1.34 bits per heavy atom. The van der Waals surface area contributed by atoms with Gasteiger partial charge in [0.05, 0.1) is 5.69 Å². The number of hydrogen-bond donors (Lipinski definition) is 0. The lowest BCUT2D eigenvalue weighted by molar-refractivity contribution is -0.121. The summed E-state index contributed by atoms with van der Waals surface area (Å²) in [7, 11) is 0. The molecule has 3 aliphatic rings. The Hall–Kier alpha value is -3.31. The first kappa shape index (κ1) is 25.0. The van der Waals surface area contributed by atoms with Crippen LogP contribution in [0, 0.1) is 9.54 Å². The van der Waals surface area contributed by atoms with Crippen molar-refractivity contribution in [1.82, 2.24) is 18.3 Å². The third-order valence-corrected chi connectivity index (χ3v) is 9.04. The molecule has 0 saturated heterocycles. The van der Waals surface area contributed by atoms with Crippen molar-refractivity contribution in [1.29, 1.82) is 0 Å². The highest BCUT2D eigenvalue weighted by Crippen LogP contribution is 2.57. The van der Waals surface area contributed by atoms with Crippen molar-refractivity contribution in [2.24, 2.45) is 0 Å². The van der Waals surface area contributed by atoms with Gasteiger partial charge >= 0.3 is 0 Å². The number of anilines is 1. The lowest BCUT2D eigenvalue weighted by Crippen LogP contribution is -2.53. The Morgan fingerprint density at radius 1 is 0.816 bits per heavy atom. The van der Waals surface area contributed by atoms with E-state index in [2.05, 4.69) is 0 Å². The van der Waals surface area contributed by atoms with Crippen molar-refractivity contribution >= 4 is 36.0 Å². The molecule has 0 radical (unpaired) electrons. The topological polar surface area (TPSA) is 83.4 Å². The van der Waals surface area contributed by atoms with Crippen molar-refractivity contribution in [3.63, 3.8) is 0 Å². The van der Waals surface area contributed by atoms with Gasteiger partial charge in [0.25, 0.3) is 11.1 Å². The van der Waals surface area contributed by atoms with Crippen LogP contribution in [-0.4, -0.2) is 30.7 Å². The Balaban J connectivity index is 1.94. The van der Waals surface area contributed by atoms with Crippen LogP contribution in [0.1, 0.15) is 56.4 Å². The summed E-state index contributed by atoms with van der Waals surface area (Å²) in [5, 5.41) is 0. The van der Waals surface area contributed by atoms with E-state index in [0.717, 1.165) is 24.1 Å². The first-order valence-corrected chi connectivity index (χ1v) is 14.0. The second-order valence-corrected chi connectivity index (χ2v) is 10.5. The highest BCUT2D eigenvalue weighted by Gasteiger charge is 2.62. The minimum Gasteiger partial charge on any atom is -0.423 e. The molecule has 0 bridgehead atoms. The van der Waals surface area contributed by atoms with Crippen LogP contribution in [-0.2, 0) is 42.8 Å². The zero-order chi connectivity index (χ0) is 27.1. The van der Waals surface area contributed by atoms with Crippen LogP contribution in [0.2, 0.25) is 0 Å². The third kappa shape index (κ3) is 2.78. The predicted molar refractivity (Wildman–Crippen MR) is 149 cm³/mol. The second-order valence-electron chi connectivity index (χ2n) is 9.74. The summed E-state index contributed by atoms with van der Waals surface area (Å²) >= 11 is 11.4. The lowest BCUT2D eigenvalue weighted by Gasteiger charge is -2.37. The second kappa shape index (κ2) is 8.60. The van der Waals surface area contributed by atoms with Crippen LogP contribution < -0.4 is 20.8 Å². The zero-order valence-corrected chi connectivity index (χ0v) is 23.5. The molecule has 0 fully saturated rings. The molecular weight excluding hydrogens is 522 g/mol. The van der Waals surface area contributed by atoms with E-state index in [4.69, 9.17) is 29.2 Å². The van der Waals surface area contributed by atoms with Crippen LogP contribution in [0.25, 0.3) is 0 Å². The summed E-state index contributed by atoms with van der Waals surface area (Å²) in [6.07, 6.45) is 1.62. The van der Waals surface area contributed by atoms with Crippen LogP contribution in [0.15, 0.2) is 27.8 Å². The summed E-state index contributed by atoms with van der Waals surface area (Å²) in [4.78, 5) is 45.3. The fourth-order valence-electron chi connectivity index (χ4n) is 6.51. The smallest absolute Gasteiger partial charge is 0.263 e. The molecular formula is C27H29N5O4S2. The molecule has 0 atom stereocenters. The molecule has 0 unspecified atom stereocenters. The van der Waals surface area contributed by atoms with Crippen LogP contribution in [0.5, 0.6) is 11.8 Å². The molecule has 3 aliphatic heterocycles. The SMILES string of the molecule is CCn1c2c(c(=O)n(CC)c1=S)C1(C(=O)N3CCCc4cccc1c43)c1c(n(CC)c(=S)n(CC)c1=O)O2. The molecule has 38 heavy (non-hydrogen) atoms. The van der Waals surface area contributed by atoms with Crippen molar-refractivity contribution < 1.29 is 9.53 Å². The quantitative estimate of drug-likeness (QED) is 0.458. The van der Waals surface area contributed by atoms with Crippen molar-refractivity contribution in [3.8, 4) is 11.8 Å². The molecule has 1 amide bonds. The van der Waals surface area contributed by atoms with E-state index < -0.39 is 16.5 Å². The molecule has 2 aromatic heterocycles. The van der Waals surface area contributed by atoms with Crippen molar-refractivity contribution in [2.45, 2.75) is 72.1 Å². The maximum absolute atomic E-state index is 14.9. The number of aryl methyl sites for hydroxylation is 1. The number of para-hydroxylation sites is 1. The van der Waals surface area contributed by atoms with Gasteiger partial charge in [-0.05, 0) is 70.5 Å². The lowest BCUT2D eigenvalue weighted by atomic mass is 9.69. The van der Waals surface area contributed by atoms with E-state index in [-0.39, 0.29) is 28.8 Å². The van der Waals surface area contributed by atoms with Gasteiger partial charge in [-0.25, -0.2) is 0 Å². The molecule has 0 saturated carbocycles. The number of ether oxygens (including phenoxy) is 1. The van der Waals surface area contributed by atoms with E-state index in [1.54, 1.807) is 14.0 Å². The van der Waals surface area contributed by atoms with E-state index in [0.29, 0.717) is 47.8 Å². The number of amides is 1. The van der Waals surface area contributed by atoms with E-state index in [9.17, 15) is 14.4 Å². The maximum atomic E-state index is 14.9. The Labute approximate surface area is 229 Å². The van der Waals surface area contributed by atoms with Gasteiger partial charge in [0.2, 0.25) is 17.7 Å². The van der Waals surface area contributed by atoms with Gasteiger partial charge in [-0.15, -0.1) is 0 Å². The summed E-state index contributed by atoms with van der Waals surface area (Å²) in [6, 6.07) is 5.81. The number of hydrogen-bond acceptors (Lipinski definition) is 6. The molecule has 6 rings (SSSR count). The number of fused-ring (bicyclic) bond motifs is 5. The predicted octanol–water partition coefficient (Wildman–Crippen LogP) is 3.88. The minimum absolute atomic E-state index is 0.148. The molecule has 198 valence electrons. The molecule has 1 spiro atoms. The highest BCUT2D eigenvalue weighted by molar-refractivity contribution is 7.71. The highest BCUT2D eigenvalue weighted by atomic mass is 32.1. The maximum Gasteiger partial charge on any atom is 0.263 e. The van der Waals surface area contributed by atoms with E-state index >= 15 is 0 Å². The van der Waals surface area contributed by atoms with E-state index in [1.807, 2.05) is 45.9 Å². The fraction of sp³-hybridized carbons (Fsp3) is 0.444. The number of rotatable bonds is 4. The molecule has 0 N–H and O–H groups in total. The van der Waals surface area contributed by atoms with Crippen molar-refractivity contribution in [2.75, 3.05) is 11.4 Å². The number of carbonyl (C=O) groups is 1. The van der Waals surface area contributed by atoms with Gasteiger partial charge < -0.3 is 9.64 Å².